The third kappa shape index (κ3) is 4.96. The van der Waals surface area contributed by atoms with Crippen LogP contribution in [-0.4, -0.2) is 42.1 Å². The van der Waals surface area contributed by atoms with Crippen LogP contribution in [0, 0.1) is 13.8 Å². The Labute approximate surface area is 140 Å². The van der Waals surface area contributed by atoms with Gasteiger partial charge in [0.15, 0.2) is 0 Å². The molecule has 0 unspecified atom stereocenters. The number of halogens is 1. The van der Waals surface area contributed by atoms with E-state index in [1.165, 1.54) is 0 Å². The Morgan fingerprint density at radius 2 is 1.91 bits per heavy atom. The zero-order valence-corrected chi connectivity index (χ0v) is 15.0. The van der Waals surface area contributed by atoms with Crippen molar-refractivity contribution in [3.63, 3.8) is 0 Å². The van der Waals surface area contributed by atoms with Crippen LogP contribution in [0.1, 0.15) is 11.3 Å². The first-order chi connectivity index (χ1) is 10.4. The molecule has 2 aromatic rings. The number of aryl methyl sites for hydroxylation is 2. The summed E-state index contributed by atoms with van der Waals surface area (Å²) in [4.78, 5) is 11.1. The summed E-state index contributed by atoms with van der Waals surface area (Å²) in [7, 11) is 4.09. The van der Waals surface area contributed by atoms with Crippen molar-refractivity contribution in [2.75, 3.05) is 37.8 Å². The van der Waals surface area contributed by atoms with E-state index in [1.807, 2.05) is 39.2 Å². The van der Waals surface area contributed by atoms with Gasteiger partial charge in [0.1, 0.15) is 5.82 Å². The van der Waals surface area contributed by atoms with E-state index in [0.29, 0.717) is 5.95 Å². The van der Waals surface area contributed by atoms with E-state index in [1.54, 1.807) is 0 Å². The number of hydrogen-bond donors (Lipinski definition) is 2. The quantitative estimate of drug-likeness (QED) is 0.821. The SMILES string of the molecule is Cc1cc(Nc2ccc(Br)cc2C)nc(NCCN(C)C)n1. The average Bonchev–Trinajstić information content (AvgIpc) is 2.41. The van der Waals surface area contributed by atoms with Crippen molar-refractivity contribution in [1.29, 1.82) is 0 Å². The molecule has 0 aliphatic heterocycles. The molecule has 2 rings (SSSR count). The molecule has 0 radical (unpaired) electrons. The number of nitrogens with one attached hydrogen (secondary N) is 2. The number of anilines is 3. The molecular formula is C16H22BrN5. The van der Waals surface area contributed by atoms with Gasteiger partial charge >= 0.3 is 0 Å². The van der Waals surface area contributed by atoms with Gasteiger partial charge in [0, 0.05) is 35.0 Å². The van der Waals surface area contributed by atoms with E-state index >= 15 is 0 Å². The second-order valence-electron chi connectivity index (χ2n) is 5.53. The molecule has 0 aliphatic carbocycles. The summed E-state index contributed by atoms with van der Waals surface area (Å²) in [6, 6.07) is 8.07. The van der Waals surface area contributed by atoms with Crippen LogP contribution in [0.5, 0.6) is 0 Å². The van der Waals surface area contributed by atoms with Gasteiger partial charge in [-0.25, -0.2) is 4.98 Å². The molecule has 0 aliphatic rings. The van der Waals surface area contributed by atoms with E-state index < -0.39 is 0 Å². The number of nitrogens with zero attached hydrogens (tertiary/aromatic N) is 3. The lowest BCUT2D eigenvalue weighted by Gasteiger charge is -2.13. The van der Waals surface area contributed by atoms with Gasteiger partial charge in [0.05, 0.1) is 0 Å². The fourth-order valence-corrected chi connectivity index (χ4v) is 2.48. The Morgan fingerprint density at radius 1 is 1.14 bits per heavy atom. The van der Waals surface area contributed by atoms with Crippen molar-refractivity contribution in [3.8, 4) is 0 Å². The predicted octanol–water partition coefficient (Wildman–Crippen LogP) is 3.57. The zero-order valence-electron chi connectivity index (χ0n) is 13.4. The van der Waals surface area contributed by atoms with Gasteiger partial charge in [-0.15, -0.1) is 0 Å². The number of hydrogen-bond acceptors (Lipinski definition) is 5. The highest BCUT2D eigenvalue weighted by Gasteiger charge is 2.05. The van der Waals surface area contributed by atoms with Crippen LogP contribution in [0.3, 0.4) is 0 Å². The van der Waals surface area contributed by atoms with Crippen LogP contribution in [0.4, 0.5) is 17.5 Å². The minimum Gasteiger partial charge on any atom is -0.353 e. The number of likely N-dealkylation sites (N-methyl/N-ethyl adjacent to an activating group) is 1. The van der Waals surface area contributed by atoms with Crippen molar-refractivity contribution in [1.82, 2.24) is 14.9 Å². The van der Waals surface area contributed by atoms with E-state index in [0.717, 1.165) is 40.3 Å². The number of rotatable bonds is 6. The van der Waals surface area contributed by atoms with E-state index in [2.05, 4.69) is 54.4 Å². The van der Waals surface area contributed by atoms with Crippen molar-refractivity contribution < 1.29 is 0 Å². The molecule has 1 aromatic heterocycles. The summed E-state index contributed by atoms with van der Waals surface area (Å²) in [6.07, 6.45) is 0. The van der Waals surface area contributed by atoms with Gasteiger partial charge in [-0.1, -0.05) is 15.9 Å². The standard InChI is InChI=1S/C16H22BrN5/c1-11-9-13(17)5-6-14(11)20-15-10-12(2)19-16(21-15)18-7-8-22(3)4/h5-6,9-10H,7-8H2,1-4H3,(H2,18,19,20,21). The van der Waals surface area contributed by atoms with Crippen LogP contribution in [-0.2, 0) is 0 Å². The zero-order chi connectivity index (χ0) is 16.1. The molecule has 0 amide bonds. The first-order valence-corrected chi connectivity index (χ1v) is 8.01. The minimum atomic E-state index is 0.652. The molecule has 0 bridgehead atoms. The third-order valence-electron chi connectivity index (χ3n) is 3.15. The Bertz CT molecular complexity index is 642. The third-order valence-corrected chi connectivity index (χ3v) is 3.64. The number of benzene rings is 1. The normalized spacial score (nSPS) is 10.8. The highest BCUT2D eigenvalue weighted by molar-refractivity contribution is 9.10. The fourth-order valence-electron chi connectivity index (χ4n) is 2.01. The van der Waals surface area contributed by atoms with Crippen LogP contribution >= 0.6 is 15.9 Å². The lowest BCUT2D eigenvalue weighted by Crippen LogP contribution is -2.21. The summed E-state index contributed by atoms with van der Waals surface area (Å²) in [5.74, 6) is 1.45. The van der Waals surface area contributed by atoms with Gasteiger partial charge in [-0.2, -0.15) is 4.98 Å². The molecule has 0 saturated heterocycles. The Kier molecular flexibility index (Phi) is 5.74. The van der Waals surface area contributed by atoms with Gasteiger partial charge in [0.2, 0.25) is 5.95 Å². The molecule has 1 heterocycles. The largest absolute Gasteiger partial charge is 0.353 e. The molecule has 1 aromatic carbocycles. The molecule has 0 spiro atoms. The average molecular weight is 364 g/mol. The van der Waals surface area contributed by atoms with Crippen LogP contribution in [0.2, 0.25) is 0 Å². The lowest BCUT2D eigenvalue weighted by molar-refractivity contribution is 0.425. The second kappa shape index (κ2) is 7.56. The monoisotopic (exact) mass is 363 g/mol. The lowest BCUT2D eigenvalue weighted by atomic mass is 10.2. The van der Waals surface area contributed by atoms with Crippen molar-refractivity contribution in [2.45, 2.75) is 13.8 Å². The molecule has 0 saturated carbocycles. The molecule has 22 heavy (non-hydrogen) atoms. The maximum absolute atomic E-state index is 4.53. The van der Waals surface area contributed by atoms with Crippen molar-refractivity contribution in [3.05, 3.63) is 40.0 Å². The molecule has 5 nitrogen and oxygen atoms in total. The first-order valence-electron chi connectivity index (χ1n) is 7.21. The number of aromatic nitrogens is 2. The van der Waals surface area contributed by atoms with E-state index in [-0.39, 0.29) is 0 Å². The van der Waals surface area contributed by atoms with Crippen molar-refractivity contribution in [2.24, 2.45) is 0 Å². The van der Waals surface area contributed by atoms with Crippen LogP contribution in [0.15, 0.2) is 28.7 Å². The molecule has 6 heteroatoms. The fraction of sp³-hybridized carbons (Fsp3) is 0.375. The predicted molar refractivity (Wildman–Crippen MR) is 96.0 cm³/mol. The first kappa shape index (κ1) is 16.7. The highest BCUT2D eigenvalue weighted by Crippen LogP contribution is 2.23. The Morgan fingerprint density at radius 3 is 2.59 bits per heavy atom. The molecule has 0 atom stereocenters. The summed E-state index contributed by atoms with van der Waals surface area (Å²) in [6.45, 7) is 5.79. The van der Waals surface area contributed by atoms with Crippen LogP contribution in [0.25, 0.3) is 0 Å². The Hall–Kier alpha value is -1.66. The molecular weight excluding hydrogens is 342 g/mol. The maximum atomic E-state index is 4.53. The second-order valence-corrected chi connectivity index (χ2v) is 6.45. The van der Waals surface area contributed by atoms with E-state index in [4.69, 9.17) is 0 Å². The summed E-state index contributed by atoms with van der Waals surface area (Å²) < 4.78 is 1.07. The van der Waals surface area contributed by atoms with Gasteiger partial charge in [0.25, 0.3) is 0 Å². The topological polar surface area (TPSA) is 53.1 Å². The van der Waals surface area contributed by atoms with E-state index in [9.17, 15) is 0 Å². The molecule has 118 valence electrons. The van der Waals surface area contributed by atoms with Gasteiger partial charge in [-0.05, 0) is 51.7 Å². The van der Waals surface area contributed by atoms with Gasteiger partial charge in [-0.3, -0.25) is 0 Å². The van der Waals surface area contributed by atoms with Gasteiger partial charge < -0.3 is 15.5 Å². The Balaban J connectivity index is 2.12. The highest BCUT2D eigenvalue weighted by atomic mass is 79.9. The molecule has 0 fully saturated rings. The molecule has 2 N–H and O–H groups in total. The maximum Gasteiger partial charge on any atom is 0.224 e. The minimum absolute atomic E-state index is 0.652. The van der Waals surface area contributed by atoms with Crippen molar-refractivity contribution >= 4 is 33.4 Å². The summed E-state index contributed by atoms with van der Waals surface area (Å²) in [5, 5.41) is 6.61. The van der Waals surface area contributed by atoms with Crippen LogP contribution < -0.4 is 10.6 Å². The smallest absolute Gasteiger partial charge is 0.224 e. The summed E-state index contributed by atoms with van der Waals surface area (Å²) in [5.41, 5.74) is 3.13. The summed E-state index contributed by atoms with van der Waals surface area (Å²) >= 11 is 3.48.